The average molecular weight is 338 g/mol. The van der Waals surface area contributed by atoms with Crippen LogP contribution in [0.5, 0.6) is 0 Å². The Balaban J connectivity index is 2.12. The van der Waals surface area contributed by atoms with E-state index in [1.54, 1.807) is 18.2 Å². The van der Waals surface area contributed by atoms with E-state index < -0.39 is 5.97 Å². The lowest BCUT2D eigenvalue weighted by atomic mass is 10.2. The molecule has 2 rings (SSSR count). The minimum absolute atomic E-state index is 0.316. The fraction of sp³-hybridized carbons (Fsp3) is 0.200. The van der Waals surface area contributed by atoms with Crippen molar-refractivity contribution in [2.24, 2.45) is 0 Å². The molecule has 4 nitrogen and oxygen atoms in total. The third-order valence-corrected chi connectivity index (χ3v) is 4.26. The van der Waals surface area contributed by atoms with Crippen LogP contribution in [0.3, 0.4) is 0 Å². The molecule has 0 fully saturated rings. The number of carbonyl (C=O) groups is 1. The molecule has 0 aliphatic heterocycles. The number of halogens is 1. The summed E-state index contributed by atoms with van der Waals surface area (Å²) < 4.78 is 17.6. The van der Waals surface area contributed by atoms with E-state index in [9.17, 15) is 9.18 Å². The number of hydrogen-bond donors (Lipinski definition) is 2. The van der Waals surface area contributed by atoms with Crippen molar-refractivity contribution < 1.29 is 13.9 Å². The summed E-state index contributed by atoms with van der Waals surface area (Å²) in [7, 11) is 1.34. The summed E-state index contributed by atoms with van der Waals surface area (Å²) >= 11 is 6.66. The SMILES string of the molecule is CCc1cc(C(=O)OC)c(NC(=S)Nc2ccc(F)cc2)s1. The average Bonchev–Trinajstić information content (AvgIpc) is 2.91. The quantitative estimate of drug-likeness (QED) is 0.651. The summed E-state index contributed by atoms with van der Waals surface area (Å²) in [6.07, 6.45) is 0.814. The van der Waals surface area contributed by atoms with Gasteiger partial charge in [0.25, 0.3) is 0 Å². The van der Waals surface area contributed by atoms with Gasteiger partial charge in [-0.05, 0) is 49.0 Å². The number of hydrogen-bond acceptors (Lipinski definition) is 4. The molecular weight excluding hydrogens is 323 g/mol. The molecule has 1 heterocycles. The summed E-state index contributed by atoms with van der Waals surface area (Å²) in [5.41, 5.74) is 1.11. The van der Waals surface area contributed by atoms with Crippen LogP contribution < -0.4 is 10.6 Å². The Labute approximate surface area is 137 Å². The number of rotatable bonds is 4. The van der Waals surface area contributed by atoms with Crippen molar-refractivity contribution >= 4 is 45.3 Å². The molecule has 0 amide bonds. The van der Waals surface area contributed by atoms with Crippen molar-refractivity contribution in [2.45, 2.75) is 13.3 Å². The fourth-order valence-electron chi connectivity index (χ4n) is 1.77. The molecule has 0 aliphatic rings. The molecular formula is C15H15FN2O2S2. The summed E-state index contributed by atoms with van der Waals surface area (Å²) in [5.74, 6) is -0.730. The Morgan fingerprint density at radius 1 is 1.32 bits per heavy atom. The fourth-order valence-corrected chi connectivity index (χ4v) is 3.04. The van der Waals surface area contributed by atoms with Gasteiger partial charge < -0.3 is 15.4 Å². The summed E-state index contributed by atoms with van der Waals surface area (Å²) in [6, 6.07) is 7.63. The number of aryl methyl sites for hydroxylation is 1. The van der Waals surface area contributed by atoms with Gasteiger partial charge in [0.05, 0.1) is 12.7 Å². The van der Waals surface area contributed by atoms with E-state index in [0.29, 0.717) is 21.4 Å². The molecule has 2 aromatic rings. The number of nitrogens with one attached hydrogen (secondary N) is 2. The molecule has 22 heavy (non-hydrogen) atoms. The Morgan fingerprint density at radius 2 is 2.00 bits per heavy atom. The summed E-state index contributed by atoms with van der Waals surface area (Å²) in [5, 5.41) is 6.87. The molecule has 2 N–H and O–H groups in total. The van der Waals surface area contributed by atoms with Crippen molar-refractivity contribution in [3.8, 4) is 0 Å². The number of methoxy groups -OCH3 is 1. The van der Waals surface area contributed by atoms with Crippen LogP contribution in [-0.2, 0) is 11.2 Å². The number of benzene rings is 1. The standard InChI is InChI=1S/C15H15FN2O2S2/c1-3-11-8-12(14(19)20-2)13(22-11)18-15(21)17-10-6-4-9(16)5-7-10/h4-8H,3H2,1-2H3,(H2,17,18,21). The molecule has 7 heteroatoms. The molecule has 0 bridgehead atoms. The van der Waals surface area contributed by atoms with E-state index >= 15 is 0 Å². The lowest BCUT2D eigenvalue weighted by Gasteiger charge is -2.10. The van der Waals surface area contributed by atoms with Crippen LogP contribution in [-0.4, -0.2) is 18.2 Å². The van der Waals surface area contributed by atoms with Crippen LogP contribution in [0.1, 0.15) is 22.2 Å². The van der Waals surface area contributed by atoms with Gasteiger partial charge in [-0.2, -0.15) is 0 Å². The van der Waals surface area contributed by atoms with Gasteiger partial charge in [-0.25, -0.2) is 9.18 Å². The predicted molar refractivity (Wildman–Crippen MR) is 91.3 cm³/mol. The number of carbonyl (C=O) groups excluding carboxylic acids is 1. The minimum Gasteiger partial charge on any atom is -0.465 e. The molecule has 0 radical (unpaired) electrons. The van der Waals surface area contributed by atoms with E-state index in [2.05, 4.69) is 10.6 Å². The molecule has 0 unspecified atom stereocenters. The maximum absolute atomic E-state index is 12.9. The number of anilines is 2. The van der Waals surface area contributed by atoms with Crippen molar-refractivity contribution in [3.05, 3.63) is 46.6 Å². The lowest BCUT2D eigenvalue weighted by Crippen LogP contribution is -2.19. The van der Waals surface area contributed by atoms with E-state index in [1.165, 1.54) is 30.6 Å². The summed E-state index contributed by atoms with van der Waals surface area (Å²) in [4.78, 5) is 12.8. The monoisotopic (exact) mass is 338 g/mol. The maximum Gasteiger partial charge on any atom is 0.340 e. The maximum atomic E-state index is 12.9. The highest BCUT2D eigenvalue weighted by molar-refractivity contribution is 7.80. The summed E-state index contributed by atoms with van der Waals surface area (Å²) in [6.45, 7) is 2.01. The first-order valence-electron chi connectivity index (χ1n) is 6.58. The first-order valence-corrected chi connectivity index (χ1v) is 7.80. The van der Waals surface area contributed by atoms with Crippen LogP contribution in [0.4, 0.5) is 15.1 Å². The lowest BCUT2D eigenvalue weighted by molar-refractivity contribution is 0.0602. The Kier molecular flexibility index (Phi) is 5.46. The van der Waals surface area contributed by atoms with Gasteiger partial charge in [0.1, 0.15) is 10.8 Å². The van der Waals surface area contributed by atoms with Crippen LogP contribution in [0, 0.1) is 5.82 Å². The Bertz CT molecular complexity index is 683. The number of thiocarbonyl (C=S) groups is 1. The van der Waals surface area contributed by atoms with E-state index in [4.69, 9.17) is 17.0 Å². The van der Waals surface area contributed by atoms with Crippen LogP contribution in [0.2, 0.25) is 0 Å². The zero-order valence-electron chi connectivity index (χ0n) is 12.1. The smallest absolute Gasteiger partial charge is 0.340 e. The molecule has 0 saturated heterocycles. The van der Waals surface area contributed by atoms with E-state index in [0.717, 1.165) is 11.3 Å². The van der Waals surface area contributed by atoms with Crippen molar-refractivity contribution in [2.75, 3.05) is 17.7 Å². The molecule has 1 aromatic carbocycles. The van der Waals surface area contributed by atoms with Gasteiger partial charge in [-0.1, -0.05) is 6.92 Å². The highest BCUT2D eigenvalue weighted by atomic mass is 32.1. The van der Waals surface area contributed by atoms with Gasteiger partial charge in [-0.15, -0.1) is 11.3 Å². The molecule has 1 aromatic heterocycles. The first kappa shape index (κ1) is 16.4. The first-order chi connectivity index (χ1) is 10.5. The highest BCUT2D eigenvalue weighted by Crippen LogP contribution is 2.29. The molecule has 0 saturated carbocycles. The van der Waals surface area contributed by atoms with Gasteiger partial charge in [0.2, 0.25) is 0 Å². The second-order valence-corrected chi connectivity index (χ2v) is 5.93. The zero-order chi connectivity index (χ0) is 16.1. The van der Waals surface area contributed by atoms with Gasteiger partial charge in [-0.3, -0.25) is 0 Å². The molecule has 0 atom stereocenters. The van der Waals surface area contributed by atoms with Crippen molar-refractivity contribution in [1.82, 2.24) is 0 Å². The van der Waals surface area contributed by atoms with Gasteiger partial charge >= 0.3 is 5.97 Å². The molecule has 0 spiro atoms. The zero-order valence-corrected chi connectivity index (χ0v) is 13.7. The molecule has 116 valence electrons. The third-order valence-electron chi connectivity index (χ3n) is 2.87. The Morgan fingerprint density at radius 3 is 2.59 bits per heavy atom. The largest absolute Gasteiger partial charge is 0.465 e. The predicted octanol–water partition coefficient (Wildman–Crippen LogP) is 4.05. The molecule has 0 aliphatic carbocycles. The van der Waals surface area contributed by atoms with Crippen molar-refractivity contribution in [3.63, 3.8) is 0 Å². The van der Waals surface area contributed by atoms with Gasteiger partial charge in [0, 0.05) is 10.6 Å². The van der Waals surface area contributed by atoms with Crippen LogP contribution >= 0.6 is 23.6 Å². The number of thiophene rings is 1. The second kappa shape index (κ2) is 7.33. The number of esters is 1. The topological polar surface area (TPSA) is 50.4 Å². The normalized spacial score (nSPS) is 10.1. The van der Waals surface area contributed by atoms with Crippen molar-refractivity contribution in [1.29, 1.82) is 0 Å². The van der Waals surface area contributed by atoms with E-state index in [1.807, 2.05) is 6.92 Å². The van der Waals surface area contributed by atoms with Crippen LogP contribution in [0.25, 0.3) is 0 Å². The van der Waals surface area contributed by atoms with Crippen LogP contribution in [0.15, 0.2) is 30.3 Å². The van der Waals surface area contributed by atoms with Gasteiger partial charge in [0.15, 0.2) is 5.11 Å². The van der Waals surface area contributed by atoms with E-state index in [-0.39, 0.29) is 5.82 Å². The second-order valence-electron chi connectivity index (χ2n) is 4.39. The number of ether oxygens (including phenoxy) is 1. The highest BCUT2D eigenvalue weighted by Gasteiger charge is 2.17. The minimum atomic E-state index is -0.414. The third kappa shape index (κ3) is 4.02. The Hall–Kier alpha value is -1.99.